The molecule has 0 aromatic rings. The zero-order chi connectivity index (χ0) is 8.55. The Labute approximate surface area is 73.3 Å². The monoisotopic (exact) mass is 156 g/mol. The molecule has 0 amide bonds. The molecule has 0 aliphatic heterocycles. The molecule has 2 aliphatic carbocycles. The molecule has 0 saturated carbocycles. The smallest absolute Gasteiger partial charge is 0.0207 e. The van der Waals surface area contributed by atoms with Gasteiger partial charge in [0.1, 0.15) is 0 Å². The van der Waals surface area contributed by atoms with Gasteiger partial charge < -0.3 is 0 Å². The number of fused-ring (bicyclic) bond motifs is 1. The minimum atomic E-state index is 0.487. The van der Waals surface area contributed by atoms with E-state index in [1.165, 1.54) is 11.1 Å². The summed E-state index contributed by atoms with van der Waals surface area (Å²) >= 11 is 0. The third-order valence-corrected chi connectivity index (χ3v) is 2.24. The first-order valence-electron chi connectivity index (χ1n) is 4.21. The highest BCUT2D eigenvalue weighted by Gasteiger charge is 2.12. The van der Waals surface area contributed by atoms with Gasteiger partial charge in [-0.1, -0.05) is 48.6 Å². The zero-order valence-electron chi connectivity index (χ0n) is 7.25. The number of hydrogen-bond acceptors (Lipinski definition) is 0. The topological polar surface area (TPSA) is 0 Å². The lowest BCUT2D eigenvalue weighted by atomic mass is 9.86. The Hall–Kier alpha value is -1.30. The van der Waals surface area contributed by atoms with Crippen molar-refractivity contribution in [1.29, 1.82) is 0 Å². The third-order valence-electron chi connectivity index (χ3n) is 2.24. The number of allylic oxidation sites excluding steroid dienone is 9. The van der Waals surface area contributed by atoms with Crippen LogP contribution in [0.15, 0.2) is 59.8 Å². The summed E-state index contributed by atoms with van der Waals surface area (Å²) in [6.45, 7) is 6.04. The van der Waals surface area contributed by atoms with E-state index in [0.717, 1.165) is 5.57 Å². The van der Waals surface area contributed by atoms with Gasteiger partial charge in [0, 0.05) is 5.92 Å². The van der Waals surface area contributed by atoms with Crippen LogP contribution in [0.25, 0.3) is 0 Å². The maximum Gasteiger partial charge on any atom is 0.0207 e. The normalized spacial score (nSPS) is 26.4. The largest absolute Gasteiger partial charge is 0.0918 e. The summed E-state index contributed by atoms with van der Waals surface area (Å²) in [5, 5.41) is 0. The predicted molar refractivity (Wildman–Crippen MR) is 52.8 cm³/mol. The van der Waals surface area contributed by atoms with Gasteiger partial charge >= 0.3 is 0 Å². The average Bonchev–Trinajstić information content (AvgIpc) is 2.05. The average molecular weight is 156 g/mol. The maximum atomic E-state index is 3.91. The van der Waals surface area contributed by atoms with Gasteiger partial charge in [-0.15, -0.1) is 0 Å². The molecule has 0 spiro atoms. The molecule has 0 heterocycles. The first-order valence-corrected chi connectivity index (χ1v) is 4.21. The minimum Gasteiger partial charge on any atom is -0.0918 e. The van der Waals surface area contributed by atoms with Crippen molar-refractivity contribution in [2.24, 2.45) is 5.92 Å². The molecule has 0 aromatic carbocycles. The van der Waals surface area contributed by atoms with E-state index in [-0.39, 0.29) is 0 Å². The van der Waals surface area contributed by atoms with Crippen molar-refractivity contribution in [3.05, 3.63) is 59.8 Å². The Balaban J connectivity index is 2.38. The van der Waals surface area contributed by atoms with Crippen LogP contribution in [-0.2, 0) is 0 Å². The molecule has 1 atom stereocenters. The molecular formula is C12H12. The predicted octanol–water partition coefficient (Wildman–Crippen LogP) is 3.17. The first-order chi connectivity index (χ1) is 5.75. The zero-order valence-corrected chi connectivity index (χ0v) is 7.25. The highest BCUT2D eigenvalue weighted by molar-refractivity contribution is 5.49. The van der Waals surface area contributed by atoms with Crippen LogP contribution in [0.3, 0.4) is 0 Å². The van der Waals surface area contributed by atoms with E-state index >= 15 is 0 Å². The number of hydrogen-bond donors (Lipinski definition) is 0. The summed E-state index contributed by atoms with van der Waals surface area (Å²) in [6.07, 6.45) is 13.0. The molecule has 0 saturated heterocycles. The van der Waals surface area contributed by atoms with Gasteiger partial charge in [0.2, 0.25) is 0 Å². The van der Waals surface area contributed by atoms with Crippen LogP contribution in [0.4, 0.5) is 0 Å². The van der Waals surface area contributed by atoms with Gasteiger partial charge in [-0.2, -0.15) is 0 Å². The van der Waals surface area contributed by atoms with Crippen molar-refractivity contribution < 1.29 is 0 Å². The van der Waals surface area contributed by atoms with E-state index in [1.807, 2.05) is 0 Å². The van der Waals surface area contributed by atoms with E-state index < -0.39 is 0 Å². The highest BCUT2D eigenvalue weighted by Crippen LogP contribution is 2.28. The number of rotatable bonds is 0. The lowest BCUT2D eigenvalue weighted by Gasteiger charge is -2.18. The van der Waals surface area contributed by atoms with E-state index in [0.29, 0.717) is 5.92 Å². The van der Waals surface area contributed by atoms with Crippen LogP contribution >= 0.6 is 0 Å². The summed E-state index contributed by atoms with van der Waals surface area (Å²) < 4.78 is 0. The van der Waals surface area contributed by atoms with Crippen LogP contribution in [0.5, 0.6) is 0 Å². The minimum absolute atomic E-state index is 0.487. The fourth-order valence-electron chi connectivity index (χ4n) is 1.57. The van der Waals surface area contributed by atoms with Gasteiger partial charge in [-0.3, -0.25) is 0 Å². The van der Waals surface area contributed by atoms with E-state index in [2.05, 4.69) is 50.0 Å². The summed E-state index contributed by atoms with van der Waals surface area (Å²) in [6, 6.07) is 0. The third kappa shape index (κ3) is 1.20. The van der Waals surface area contributed by atoms with Crippen LogP contribution in [0.2, 0.25) is 0 Å². The molecule has 0 N–H and O–H groups in total. The SMILES string of the molecule is C=C1C=CC2C=C(C)C=CC2=C1. The molecule has 2 aliphatic rings. The van der Waals surface area contributed by atoms with Gasteiger partial charge in [0.05, 0.1) is 0 Å². The first kappa shape index (κ1) is 7.35. The molecule has 0 radical (unpaired) electrons. The van der Waals surface area contributed by atoms with Crippen LogP contribution < -0.4 is 0 Å². The molecule has 0 aromatic heterocycles. The molecule has 2 rings (SSSR count). The molecule has 60 valence electrons. The fourth-order valence-corrected chi connectivity index (χ4v) is 1.57. The second-order valence-corrected chi connectivity index (χ2v) is 3.35. The second kappa shape index (κ2) is 2.63. The summed E-state index contributed by atoms with van der Waals surface area (Å²) in [4.78, 5) is 0. The van der Waals surface area contributed by atoms with E-state index in [9.17, 15) is 0 Å². The Kier molecular flexibility index (Phi) is 1.61. The summed E-state index contributed by atoms with van der Waals surface area (Å²) in [7, 11) is 0. The van der Waals surface area contributed by atoms with Crippen LogP contribution in [0, 0.1) is 5.92 Å². The molecule has 1 unspecified atom stereocenters. The highest BCUT2D eigenvalue weighted by atomic mass is 14.2. The van der Waals surface area contributed by atoms with Crippen molar-refractivity contribution in [3.63, 3.8) is 0 Å². The van der Waals surface area contributed by atoms with Crippen molar-refractivity contribution in [2.45, 2.75) is 6.92 Å². The van der Waals surface area contributed by atoms with Crippen molar-refractivity contribution in [2.75, 3.05) is 0 Å². The Morgan fingerprint density at radius 1 is 1.25 bits per heavy atom. The standard InChI is InChI=1S/C12H12/c1-9-3-5-12-8-10(2)4-6-11(12)7-9/h3-8,12H,1H2,2H3. The molecular weight excluding hydrogens is 144 g/mol. The van der Waals surface area contributed by atoms with Gasteiger partial charge in [-0.25, -0.2) is 0 Å². The van der Waals surface area contributed by atoms with E-state index in [4.69, 9.17) is 0 Å². The lowest BCUT2D eigenvalue weighted by molar-refractivity contribution is 0.963. The summed E-state index contributed by atoms with van der Waals surface area (Å²) in [5.41, 5.74) is 3.79. The van der Waals surface area contributed by atoms with Gasteiger partial charge in [0.15, 0.2) is 0 Å². The Morgan fingerprint density at radius 2 is 2.08 bits per heavy atom. The Bertz CT molecular complexity index is 335. The van der Waals surface area contributed by atoms with E-state index in [1.54, 1.807) is 0 Å². The second-order valence-electron chi connectivity index (χ2n) is 3.35. The molecule has 0 heteroatoms. The lowest BCUT2D eigenvalue weighted by Crippen LogP contribution is -2.03. The molecule has 0 bridgehead atoms. The van der Waals surface area contributed by atoms with Crippen molar-refractivity contribution >= 4 is 0 Å². The van der Waals surface area contributed by atoms with Crippen LogP contribution in [-0.4, -0.2) is 0 Å². The van der Waals surface area contributed by atoms with Gasteiger partial charge in [0.25, 0.3) is 0 Å². The van der Waals surface area contributed by atoms with Gasteiger partial charge in [-0.05, 0) is 18.1 Å². The molecule has 0 nitrogen and oxygen atoms in total. The molecule has 0 fully saturated rings. The van der Waals surface area contributed by atoms with Crippen molar-refractivity contribution in [1.82, 2.24) is 0 Å². The van der Waals surface area contributed by atoms with Crippen LogP contribution in [0.1, 0.15) is 6.92 Å². The fraction of sp³-hybridized carbons (Fsp3) is 0.167. The molecule has 12 heavy (non-hydrogen) atoms. The van der Waals surface area contributed by atoms with Crippen molar-refractivity contribution in [3.8, 4) is 0 Å². The summed E-state index contributed by atoms with van der Waals surface area (Å²) in [5.74, 6) is 0.487. The quantitative estimate of drug-likeness (QED) is 0.505. The Morgan fingerprint density at radius 3 is 2.92 bits per heavy atom. The maximum absolute atomic E-state index is 3.91.